The lowest BCUT2D eigenvalue weighted by Crippen LogP contribution is -2.38. The maximum Gasteiger partial charge on any atom is 0.251 e. The molecule has 18 heavy (non-hydrogen) atoms. The molecule has 0 radical (unpaired) electrons. The molecule has 0 atom stereocenters. The van der Waals surface area contributed by atoms with Crippen LogP contribution in [0.5, 0.6) is 0 Å². The Labute approximate surface area is 113 Å². The lowest BCUT2D eigenvalue weighted by atomic mass is 10.1. The molecule has 1 amide bonds. The Bertz CT molecular complexity index is 610. The first-order valence-corrected chi connectivity index (χ1v) is 6.94. The third-order valence-corrected chi connectivity index (χ3v) is 4.29. The zero-order chi connectivity index (χ0) is 12.6. The van der Waals surface area contributed by atoms with E-state index in [-0.39, 0.29) is 11.4 Å². The summed E-state index contributed by atoms with van der Waals surface area (Å²) in [7, 11) is 0. The summed E-state index contributed by atoms with van der Waals surface area (Å²) in [5, 5.41) is 3.87. The molecule has 1 aromatic heterocycles. The number of alkyl halides is 1. The summed E-state index contributed by atoms with van der Waals surface area (Å²) in [6.07, 6.45) is 5.35. The maximum atomic E-state index is 12.1. The minimum absolute atomic E-state index is 0.0333. The van der Waals surface area contributed by atoms with Crippen molar-refractivity contribution >= 4 is 32.9 Å². The Balaban J connectivity index is 1.87. The van der Waals surface area contributed by atoms with Gasteiger partial charge in [-0.25, -0.2) is 0 Å². The molecule has 1 saturated carbocycles. The van der Waals surface area contributed by atoms with Gasteiger partial charge in [0.15, 0.2) is 0 Å². The van der Waals surface area contributed by atoms with Crippen LogP contribution in [0.3, 0.4) is 0 Å². The summed E-state index contributed by atoms with van der Waals surface area (Å²) in [5.74, 6) is -0.0421. The molecule has 2 aromatic rings. The van der Waals surface area contributed by atoms with Gasteiger partial charge in [0.1, 0.15) is 0 Å². The highest BCUT2D eigenvalue weighted by Gasteiger charge is 2.42. The summed E-state index contributed by atoms with van der Waals surface area (Å²) < 4.78 is 0. The van der Waals surface area contributed by atoms with Crippen molar-refractivity contribution in [2.45, 2.75) is 18.4 Å². The summed E-state index contributed by atoms with van der Waals surface area (Å²) in [6.45, 7) is 0. The van der Waals surface area contributed by atoms with Crippen LogP contribution in [0, 0.1) is 0 Å². The molecular weight excluding hydrogens is 294 g/mol. The fraction of sp³-hybridized carbons (Fsp3) is 0.308. The van der Waals surface area contributed by atoms with Crippen molar-refractivity contribution in [1.29, 1.82) is 0 Å². The van der Waals surface area contributed by atoms with Gasteiger partial charge in [-0.1, -0.05) is 15.9 Å². The van der Waals surface area contributed by atoms with Crippen LogP contribution in [-0.2, 0) is 0 Å². The lowest BCUT2D eigenvalue weighted by Gasteiger charge is -2.14. The SMILES string of the molecule is O=C(NC1(CBr)CC1)c1ccc2nccnc2c1. The van der Waals surface area contributed by atoms with Crippen molar-refractivity contribution < 1.29 is 4.79 Å². The molecule has 1 N–H and O–H groups in total. The number of carbonyl (C=O) groups is 1. The standard InChI is InChI=1S/C13H12BrN3O/c14-8-13(3-4-13)17-12(18)9-1-2-10-11(7-9)16-6-5-15-10/h1-2,5-7H,3-4,8H2,(H,17,18). The molecule has 0 saturated heterocycles. The van der Waals surface area contributed by atoms with E-state index in [0.717, 1.165) is 29.2 Å². The minimum atomic E-state index is -0.0421. The average Bonchev–Trinajstić information content (AvgIpc) is 3.18. The molecule has 1 heterocycles. The Hall–Kier alpha value is -1.49. The van der Waals surface area contributed by atoms with Gasteiger partial charge in [0.05, 0.1) is 16.6 Å². The van der Waals surface area contributed by atoms with E-state index in [9.17, 15) is 4.79 Å². The highest BCUT2D eigenvalue weighted by atomic mass is 79.9. The van der Waals surface area contributed by atoms with E-state index in [2.05, 4.69) is 31.2 Å². The number of hydrogen-bond donors (Lipinski definition) is 1. The smallest absolute Gasteiger partial charge is 0.251 e. The molecule has 1 aromatic carbocycles. The summed E-state index contributed by atoms with van der Waals surface area (Å²) in [4.78, 5) is 20.5. The topological polar surface area (TPSA) is 54.9 Å². The fourth-order valence-corrected chi connectivity index (χ4v) is 2.56. The summed E-state index contributed by atoms with van der Waals surface area (Å²) in [5.41, 5.74) is 2.15. The Kier molecular flexibility index (Phi) is 2.78. The van der Waals surface area contributed by atoms with Crippen molar-refractivity contribution in [1.82, 2.24) is 15.3 Å². The number of halogens is 1. The van der Waals surface area contributed by atoms with Crippen LogP contribution in [0.25, 0.3) is 11.0 Å². The van der Waals surface area contributed by atoms with Gasteiger partial charge in [-0.3, -0.25) is 14.8 Å². The molecule has 1 aliphatic rings. The molecule has 0 aliphatic heterocycles. The maximum absolute atomic E-state index is 12.1. The first kappa shape index (κ1) is 11.6. The number of carbonyl (C=O) groups excluding carboxylic acids is 1. The van der Waals surface area contributed by atoms with E-state index in [0.29, 0.717) is 5.56 Å². The van der Waals surface area contributed by atoms with Gasteiger partial charge in [-0.2, -0.15) is 0 Å². The third-order valence-electron chi connectivity index (χ3n) is 3.22. The molecule has 3 rings (SSSR count). The van der Waals surface area contributed by atoms with E-state index in [1.165, 1.54) is 0 Å². The molecule has 0 bridgehead atoms. The number of aromatic nitrogens is 2. The zero-order valence-electron chi connectivity index (χ0n) is 9.69. The van der Waals surface area contributed by atoms with E-state index in [4.69, 9.17) is 0 Å². The number of nitrogens with one attached hydrogen (secondary N) is 1. The van der Waals surface area contributed by atoms with Crippen molar-refractivity contribution in [3.05, 3.63) is 36.2 Å². The fourth-order valence-electron chi connectivity index (χ4n) is 1.86. The van der Waals surface area contributed by atoms with Crippen molar-refractivity contribution in [3.63, 3.8) is 0 Å². The van der Waals surface area contributed by atoms with Gasteiger partial charge in [-0.05, 0) is 31.0 Å². The van der Waals surface area contributed by atoms with Crippen molar-refractivity contribution in [3.8, 4) is 0 Å². The van der Waals surface area contributed by atoms with Crippen LogP contribution in [0.15, 0.2) is 30.6 Å². The highest BCUT2D eigenvalue weighted by molar-refractivity contribution is 9.09. The lowest BCUT2D eigenvalue weighted by molar-refractivity contribution is 0.0936. The van der Waals surface area contributed by atoms with Crippen LogP contribution in [0.1, 0.15) is 23.2 Å². The van der Waals surface area contributed by atoms with Gasteiger partial charge in [-0.15, -0.1) is 0 Å². The van der Waals surface area contributed by atoms with Gasteiger partial charge in [0.25, 0.3) is 5.91 Å². The van der Waals surface area contributed by atoms with Gasteiger partial charge in [0.2, 0.25) is 0 Å². The van der Waals surface area contributed by atoms with Crippen LogP contribution in [0.4, 0.5) is 0 Å². The minimum Gasteiger partial charge on any atom is -0.346 e. The van der Waals surface area contributed by atoms with Crippen molar-refractivity contribution in [2.24, 2.45) is 0 Å². The van der Waals surface area contributed by atoms with Crippen LogP contribution in [-0.4, -0.2) is 26.7 Å². The second-order valence-corrected chi connectivity index (χ2v) is 5.19. The highest BCUT2D eigenvalue weighted by Crippen LogP contribution is 2.37. The number of benzene rings is 1. The van der Waals surface area contributed by atoms with Gasteiger partial charge >= 0.3 is 0 Å². The number of fused-ring (bicyclic) bond motifs is 1. The number of amides is 1. The summed E-state index contributed by atoms with van der Waals surface area (Å²) in [6, 6.07) is 5.39. The zero-order valence-corrected chi connectivity index (χ0v) is 11.3. The third kappa shape index (κ3) is 2.10. The first-order valence-electron chi connectivity index (χ1n) is 5.82. The van der Waals surface area contributed by atoms with E-state index >= 15 is 0 Å². The van der Waals surface area contributed by atoms with Crippen LogP contribution >= 0.6 is 15.9 Å². The molecule has 1 fully saturated rings. The molecule has 92 valence electrons. The molecular formula is C13H12BrN3O. The van der Waals surface area contributed by atoms with E-state index in [1.54, 1.807) is 24.5 Å². The number of hydrogen-bond acceptors (Lipinski definition) is 3. The normalized spacial score (nSPS) is 16.5. The van der Waals surface area contributed by atoms with Gasteiger partial charge < -0.3 is 5.32 Å². The molecule has 5 heteroatoms. The number of nitrogens with zero attached hydrogens (tertiary/aromatic N) is 2. The molecule has 1 aliphatic carbocycles. The Morgan fingerprint density at radius 3 is 2.67 bits per heavy atom. The van der Waals surface area contributed by atoms with Crippen LogP contribution in [0.2, 0.25) is 0 Å². The quantitative estimate of drug-likeness (QED) is 0.885. The number of rotatable bonds is 3. The predicted octanol–water partition coefficient (Wildman–Crippen LogP) is 2.29. The summed E-state index contributed by atoms with van der Waals surface area (Å²) >= 11 is 3.44. The average molecular weight is 306 g/mol. The first-order chi connectivity index (χ1) is 8.72. The van der Waals surface area contributed by atoms with E-state index < -0.39 is 0 Å². The predicted molar refractivity (Wildman–Crippen MR) is 72.8 cm³/mol. The molecule has 0 spiro atoms. The monoisotopic (exact) mass is 305 g/mol. The van der Waals surface area contributed by atoms with Gasteiger partial charge in [0, 0.05) is 23.3 Å². The second kappa shape index (κ2) is 4.31. The van der Waals surface area contributed by atoms with Crippen molar-refractivity contribution in [2.75, 3.05) is 5.33 Å². The molecule has 0 unspecified atom stereocenters. The van der Waals surface area contributed by atoms with Crippen LogP contribution < -0.4 is 5.32 Å². The molecule has 4 nitrogen and oxygen atoms in total. The Morgan fingerprint density at radius 2 is 2.00 bits per heavy atom. The second-order valence-electron chi connectivity index (χ2n) is 4.63. The van der Waals surface area contributed by atoms with E-state index in [1.807, 2.05) is 6.07 Å². The Morgan fingerprint density at radius 1 is 1.28 bits per heavy atom. The largest absolute Gasteiger partial charge is 0.346 e.